The summed E-state index contributed by atoms with van der Waals surface area (Å²) in [5, 5.41) is 7.18. The van der Waals surface area contributed by atoms with Crippen molar-refractivity contribution in [3.8, 4) is 0 Å². The Morgan fingerprint density at radius 2 is 1.76 bits per heavy atom. The normalized spacial score (nSPS) is 27.0. The van der Waals surface area contributed by atoms with Gasteiger partial charge in [0.05, 0.1) is 0 Å². The first-order chi connectivity index (χ1) is 13.3. The van der Waals surface area contributed by atoms with Crippen LogP contribution in [0, 0.1) is 17.8 Å². The van der Waals surface area contributed by atoms with Gasteiger partial charge >= 0.3 is 0 Å². The number of nitrogens with one attached hydrogen (secondary N) is 2. The Kier molecular flexibility index (Phi) is 9.03. The van der Waals surface area contributed by atoms with Gasteiger partial charge in [0, 0.05) is 45.2 Å². The quantitative estimate of drug-likeness (QED) is 0.331. The molecule has 1 saturated heterocycles. The molecule has 0 aromatic heterocycles. The second-order valence-electron chi connectivity index (χ2n) is 9.28. The Bertz CT molecular complexity index is 602. The number of hydrogen-bond acceptors (Lipinski definition) is 3. The highest BCUT2D eigenvalue weighted by Crippen LogP contribution is 2.44. The summed E-state index contributed by atoms with van der Waals surface area (Å²) in [6.07, 6.45) is 7.05. The highest BCUT2D eigenvalue weighted by Gasteiger charge is 2.40. The second kappa shape index (κ2) is 10.8. The van der Waals surface area contributed by atoms with E-state index in [-0.39, 0.29) is 54.3 Å². The number of carbonyl (C=O) groups is 2. The van der Waals surface area contributed by atoms with Crippen LogP contribution in [0.3, 0.4) is 0 Å². The maximum Gasteiger partial charge on any atom is 0.243 e. The van der Waals surface area contributed by atoms with E-state index in [0.717, 1.165) is 43.7 Å². The minimum atomic E-state index is 0. The van der Waals surface area contributed by atoms with E-state index < -0.39 is 0 Å². The van der Waals surface area contributed by atoms with Crippen LogP contribution >= 0.6 is 24.0 Å². The summed E-state index contributed by atoms with van der Waals surface area (Å²) in [6.45, 7) is 5.64. The lowest BCUT2D eigenvalue weighted by atomic mass is 9.95. The van der Waals surface area contributed by atoms with Crippen LogP contribution in [0.1, 0.15) is 52.4 Å². The third-order valence-electron chi connectivity index (χ3n) is 6.57. The number of rotatable bonds is 5. The Morgan fingerprint density at radius 3 is 2.28 bits per heavy atom. The Hall–Kier alpha value is -1.06. The zero-order chi connectivity index (χ0) is 20.3. The lowest BCUT2D eigenvalue weighted by Gasteiger charge is -2.35. The molecule has 3 rings (SSSR count). The number of nitrogens with zero attached hydrogens (tertiary/aromatic N) is 3. The summed E-state index contributed by atoms with van der Waals surface area (Å²) in [5.41, 5.74) is 0. The number of piperidine rings is 1. The Morgan fingerprint density at radius 1 is 1.07 bits per heavy atom. The van der Waals surface area contributed by atoms with Crippen molar-refractivity contribution in [2.45, 2.75) is 64.5 Å². The number of amides is 2. The fourth-order valence-corrected chi connectivity index (χ4v) is 4.82. The lowest BCUT2D eigenvalue weighted by Crippen LogP contribution is -2.53. The molecule has 8 heteroatoms. The van der Waals surface area contributed by atoms with Gasteiger partial charge in [-0.25, -0.2) is 4.99 Å². The molecule has 0 aromatic rings. The number of likely N-dealkylation sites (N-methyl/N-ethyl adjacent to an activating group) is 1. The molecule has 0 radical (unpaired) electrons. The van der Waals surface area contributed by atoms with E-state index in [1.807, 2.05) is 18.7 Å². The molecule has 29 heavy (non-hydrogen) atoms. The van der Waals surface area contributed by atoms with E-state index >= 15 is 0 Å². The zero-order valence-electron chi connectivity index (χ0n) is 18.3. The van der Waals surface area contributed by atoms with E-state index in [9.17, 15) is 9.59 Å². The summed E-state index contributed by atoms with van der Waals surface area (Å²) in [4.78, 5) is 32.3. The summed E-state index contributed by atoms with van der Waals surface area (Å²) in [5.74, 6) is 2.67. The monoisotopic (exact) mass is 519 g/mol. The molecule has 3 atom stereocenters. The number of halogens is 1. The predicted molar refractivity (Wildman–Crippen MR) is 126 cm³/mol. The molecule has 1 aliphatic heterocycles. The van der Waals surface area contributed by atoms with Crippen molar-refractivity contribution in [2.24, 2.45) is 22.7 Å². The predicted octanol–water partition coefficient (Wildman–Crippen LogP) is 2.06. The summed E-state index contributed by atoms with van der Waals surface area (Å²) >= 11 is 0. The molecule has 2 aliphatic carbocycles. The van der Waals surface area contributed by atoms with E-state index in [1.165, 1.54) is 25.7 Å². The van der Waals surface area contributed by atoms with E-state index in [4.69, 9.17) is 0 Å². The standard InChI is InChI=1S/C21H37N5O2.HI/c1-14(2)20(28)26-9-7-17(8-10-26)23-21(22-13-19(27)25(3)4)24-18-12-15-5-6-16(18)11-15;/h14-18H,5-13H2,1-4H3,(H2,22,23,24);1H. The summed E-state index contributed by atoms with van der Waals surface area (Å²) in [6, 6.07) is 0.762. The number of carbonyl (C=O) groups excluding carboxylic acids is 2. The number of aliphatic imine (C=N–C) groups is 1. The molecular weight excluding hydrogens is 481 g/mol. The van der Waals surface area contributed by atoms with E-state index in [2.05, 4.69) is 15.6 Å². The number of likely N-dealkylation sites (tertiary alicyclic amines) is 1. The van der Waals surface area contributed by atoms with Crippen molar-refractivity contribution in [3.05, 3.63) is 0 Å². The zero-order valence-corrected chi connectivity index (χ0v) is 20.6. The molecule has 2 amide bonds. The maximum absolute atomic E-state index is 12.2. The molecule has 1 heterocycles. The third-order valence-corrected chi connectivity index (χ3v) is 6.57. The van der Waals surface area contributed by atoms with Crippen molar-refractivity contribution in [1.82, 2.24) is 20.4 Å². The number of fused-ring (bicyclic) bond motifs is 2. The summed E-state index contributed by atoms with van der Waals surface area (Å²) < 4.78 is 0. The highest BCUT2D eigenvalue weighted by molar-refractivity contribution is 14.0. The van der Waals surface area contributed by atoms with Crippen molar-refractivity contribution < 1.29 is 9.59 Å². The van der Waals surface area contributed by atoms with Crippen LogP contribution in [0.15, 0.2) is 4.99 Å². The number of hydrogen-bond donors (Lipinski definition) is 2. The highest BCUT2D eigenvalue weighted by atomic mass is 127. The molecule has 3 unspecified atom stereocenters. The molecule has 3 fully saturated rings. The lowest BCUT2D eigenvalue weighted by molar-refractivity contribution is -0.135. The molecule has 2 saturated carbocycles. The minimum Gasteiger partial charge on any atom is -0.354 e. The van der Waals surface area contributed by atoms with Gasteiger partial charge in [0.2, 0.25) is 11.8 Å². The van der Waals surface area contributed by atoms with Gasteiger partial charge in [-0.05, 0) is 43.9 Å². The van der Waals surface area contributed by atoms with Crippen molar-refractivity contribution >= 4 is 41.8 Å². The Labute approximate surface area is 192 Å². The van der Waals surface area contributed by atoms with E-state index in [0.29, 0.717) is 6.04 Å². The van der Waals surface area contributed by atoms with Crippen LogP contribution in [-0.2, 0) is 9.59 Å². The van der Waals surface area contributed by atoms with Gasteiger partial charge in [0.1, 0.15) is 6.54 Å². The van der Waals surface area contributed by atoms with Gasteiger partial charge < -0.3 is 20.4 Å². The van der Waals surface area contributed by atoms with Gasteiger partial charge in [-0.15, -0.1) is 24.0 Å². The van der Waals surface area contributed by atoms with Gasteiger partial charge in [0.25, 0.3) is 0 Å². The average Bonchev–Trinajstić information content (AvgIpc) is 3.28. The Balaban J connectivity index is 0.00000300. The molecular formula is C21H38IN5O2. The van der Waals surface area contributed by atoms with Crippen LogP contribution in [0.5, 0.6) is 0 Å². The third kappa shape index (κ3) is 6.46. The fourth-order valence-electron chi connectivity index (χ4n) is 4.82. The topological polar surface area (TPSA) is 77.0 Å². The van der Waals surface area contributed by atoms with Gasteiger partial charge in [-0.2, -0.15) is 0 Å². The fraction of sp³-hybridized carbons (Fsp3) is 0.857. The van der Waals surface area contributed by atoms with Crippen LogP contribution in [0.2, 0.25) is 0 Å². The summed E-state index contributed by atoms with van der Waals surface area (Å²) in [7, 11) is 3.52. The van der Waals surface area contributed by atoms with Crippen molar-refractivity contribution in [3.63, 3.8) is 0 Å². The molecule has 2 bridgehead atoms. The number of guanidine groups is 1. The molecule has 2 N–H and O–H groups in total. The molecule has 7 nitrogen and oxygen atoms in total. The first-order valence-electron chi connectivity index (χ1n) is 10.9. The van der Waals surface area contributed by atoms with Crippen molar-refractivity contribution in [2.75, 3.05) is 33.7 Å². The average molecular weight is 519 g/mol. The van der Waals surface area contributed by atoms with E-state index in [1.54, 1.807) is 19.0 Å². The minimum absolute atomic E-state index is 0. The SMILES string of the molecule is CC(C)C(=O)N1CCC(NC(=NCC(=O)N(C)C)NC2CC3CCC2C3)CC1.I. The van der Waals surface area contributed by atoms with Crippen LogP contribution in [0.4, 0.5) is 0 Å². The molecule has 166 valence electrons. The van der Waals surface area contributed by atoms with Crippen LogP contribution < -0.4 is 10.6 Å². The molecule has 0 aromatic carbocycles. The first kappa shape index (κ1) is 24.2. The van der Waals surface area contributed by atoms with Gasteiger partial charge in [-0.3, -0.25) is 9.59 Å². The van der Waals surface area contributed by atoms with Gasteiger partial charge in [0.15, 0.2) is 5.96 Å². The second-order valence-corrected chi connectivity index (χ2v) is 9.28. The smallest absolute Gasteiger partial charge is 0.243 e. The molecule has 0 spiro atoms. The van der Waals surface area contributed by atoms with Gasteiger partial charge in [-0.1, -0.05) is 20.3 Å². The van der Waals surface area contributed by atoms with Crippen LogP contribution in [0.25, 0.3) is 0 Å². The van der Waals surface area contributed by atoms with Crippen molar-refractivity contribution in [1.29, 1.82) is 0 Å². The largest absolute Gasteiger partial charge is 0.354 e. The molecule has 3 aliphatic rings. The van der Waals surface area contributed by atoms with Crippen LogP contribution in [-0.4, -0.2) is 73.4 Å². The maximum atomic E-state index is 12.2. The first-order valence-corrected chi connectivity index (χ1v) is 10.9.